The van der Waals surface area contributed by atoms with Gasteiger partial charge in [-0.25, -0.2) is 9.78 Å². The molecular formula is C23H16N2O7. The molecule has 32 heavy (non-hydrogen) atoms. The number of carboxylic acid groups (broad SMARTS) is 1. The highest BCUT2D eigenvalue weighted by molar-refractivity contribution is 5.86. The molecule has 2 N–H and O–H groups in total. The summed E-state index contributed by atoms with van der Waals surface area (Å²) in [5.41, 5.74) is 0.101. The molecular weight excluding hydrogens is 416 g/mol. The minimum absolute atomic E-state index is 0.0465. The molecule has 1 saturated carbocycles. The van der Waals surface area contributed by atoms with Crippen LogP contribution in [0.3, 0.4) is 0 Å². The van der Waals surface area contributed by atoms with Gasteiger partial charge in [-0.2, -0.15) is 0 Å². The Kier molecular flexibility index (Phi) is 4.67. The molecule has 1 aliphatic rings. The molecule has 1 aromatic carbocycles. The van der Waals surface area contributed by atoms with Crippen molar-refractivity contribution in [3.8, 4) is 11.8 Å². The van der Waals surface area contributed by atoms with Crippen molar-refractivity contribution in [3.63, 3.8) is 0 Å². The monoisotopic (exact) mass is 432 g/mol. The number of ether oxygens (including phenoxy) is 1. The summed E-state index contributed by atoms with van der Waals surface area (Å²) in [5.74, 6) is 5.58. The first-order valence-electron chi connectivity index (χ1n) is 9.74. The van der Waals surface area contributed by atoms with Gasteiger partial charge in [0.25, 0.3) is 5.78 Å². The molecule has 0 aliphatic heterocycles. The largest absolute Gasteiger partial charge is 0.480 e. The summed E-state index contributed by atoms with van der Waals surface area (Å²) in [4.78, 5) is 27.4. The summed E-state index contributed by atoms with van der Waals surface area (Å²) in [6.45, 7) is 0.110. The zero-order valence-electron chi connectivity index (χ0n) is 16.6. The fourth-order valence-electron chi connectivity index (χ4n) is 3.22. The number of benzene rings is 1. The smallest absolute Gasteiger partial charge is 0.414 e. The van der Waals surface area contributed by atoms with E-state index in [1.54, 1.807) is 12.1 Å². The zero-order chi connectivity index (χ0) is 22.1. The minimum Gasteiger partial charge on any atom is -0.480 e. The normalized spacial score (nSPS) is 13.9. The van der Waals surface area contributed by atoms with Crippen molar-refractivity contribution in [3.05, 3.63) is 71.6 Å². The number of fused-ring (bicyclic) bond motifs is 1. The lowest BCUT2D eigenvalue weighted by molar-refractivity contribution is -0.140. The molecule has 160 valence electrons. The Hall–Kier alpha value is -4.45. The van der Waals surface area contributed by atoms with Crippen molar-refractivity contribution in [2.45, 2.75) is 24.9 Å². The Morgan fingerprint density at radius 1 is 1.16 bits per heavy atom. The molecule has 0 unspecified atom stereocenters. The molecule has 1 aliphatic carbocycles. The van der Waals surface area contributed by atoms with E-state index in [2.05, 4.69) is 22.1 Å². The van der Waals surface area contributed by atoms with Crippen molar-refractivity contribution < 1.29 is 32.7 Å². The number of anilines is 1. The molecule has 0 radical (unpaired) electrons. The lowest BCUT2D eigenvalue weighted by Gasteiger charge is -2.04. The van der Waals surface area contributed by atoms with Crippen LogP contribution in [0.5, 0.6) is 0 Å². The summed E-state index contributed by atoms with van der Waals surface area (Å²) in [6, 6.07) is 12.6. The van der Waals surface area contributed by atoms with E-state index in [0.717, 1.165) is 12.0 Å². The zero-order valence-corrected chi connectivity index (χ0v) is 16.6. The fraction of sp³-hybridized carbons (Fsp3) is 0.174. The third-order valence-electron chi connectivity index (χ3n) is 5.15. The first kappa shape index (κ1) is 19.5. The lowest BCUT2D eigenvalue weighted by atomic mass is 10.0. The molecule has 5 rings (SSSR count). The van der Waals surface area contributed by atoms with Gasteiger partial charge >= 0.3 is 12.1 Å². The second-order valence-corrected chi connectivity index (χ2v) is 7.32. The molecule has 1 amide bonds. The van der Waals surface area contributed by atoms with Crippen molar-refractivity contribution in [2.24, 2.45) is 0 Å². The Labute approximate surface area is 181 Å². The average molecular weight is 432 g/mol. The lowest BCUT2D eigenvalue weighted by Crippen LogP contribution is -2.18. The fourth-order valence-corrected chi connectivity index (χ4v) is 3.22. The number of furan rings is 2. The highest BCUT2D eigenvalue weighted by atomic mass is 16.6. The van der Waals surface area contributed by atoms with Crippen LogP contribution in [-0.4, -0.2) is 22.2 Å². The van der Waals surface area contributed by atoms with Gasteiger partial charge in [0.1, 0.15) is 17.8 Å². The van der Waals surface area contributed by atoms with Crippen LogP contribution in [-0.2, 0) is 21.6 Å². The van der Waals surface area contributed by atoms with Gasteiger partial charge in [-0.3, -0.25) is 10.1 Å². The van der Waals surface area contributed by atoms with Gasteiger partial charge < -0.3 is 23.1 Å². The number of nitrogens with zero attached hydrogens (tertiary/aromatic N) is 1. The van der Waals surface area contributed by atoms with Gasteiger partial charge in [0, 0.05) is 6.07 Å². The maximum atomic E-state index is 12.0. The maximum Gasteiger partial charge on any atom is 0.414 e. The quantitative estimate of drug-likeness (QED) is 0.447. The molecule has 0 atom stereocenters. The van der Waals surface area contributed by atoms with Crippen molar-refractivity contribution in [1.29, 1.82) is 0 Å². The number of amides is 1. The Morgan fingerprint density at radius 2 is 1.97 bits per heavy atom. The van der Waals surface area contributed by atoms with Crippen LogP contribution < -0.4 is 5.32 Å². The van der Waals surface area contributed by atoms with Crippen LogP contribution in [0.2, 0.25) is 0 Å². The first-order valence-corrected chi connectivity index (χ1v) is 9.74. The van der Waals surface area contributed by atoms with Crippen molar-refractivity contribution in [2.75, 3.05) is 5.32 Å². The molecule has 0 bridgehead atoms. The molecule has 0 spiro atoms. The highest BCUT2D eigenvalue weighted by Gasteiger charge is 2.54. The molecule has 9 heteroatoms. The van der Waals surface area contributed by atoms with Gasteiger partial charge in [0.2, 0.25) is 5.88 Å². The third-order valence-corrected chi connectivity index (χ3v) is 5.15. The number of aliphatic carboxylic acids is 1. The van der Waals surface area contributed by atoms with Crippen molar-refractivity contribution >= 4 is 29.1 Å². The Morgan fingerprint density at radius 3 is 2.69 bits per heavy atom. The van der Waals surface area contributed by atoms with E-state index in [9.17, 15) is 14.7 Å². The number of carboxylic acids is 1. The van der Waals surface area contributed by atoms with Crippen LogP contribution in [0.1, 0.15) is 35.6 Å². The molecule has 9 nitrogen and oxygen atoms in total. The predicted molar refractivity (Wildman–Crippen MR) is 110 cm³/mol. The summed E-state index contributed by atoms with van der Waals surface area (Å²) in [6.07, 6.45) is 1.53. The number of nitrogens with one attached hydrogen (secondary N) is 1. The van der Waals surface area contributed by atoms with Crippen LogP contribution in [0.25, 0.3) is 11.2 Å². The van der Waals surface area contributed by atoms with E-state index >= 15 is 0 Å². The van der Waals surface area contributed by atoms with Gasteiger partial charge in [-0.15, -0.1) is 0 Å². The summed E-state index contributed by atoms with van der Waals surface area (Å²) < 4.78 is 21.5. The van der Waals surface area contributed by atoms with Crippen LogP contribution in [0.15, 0.2) is 62.1 Å². The second-order valence-electron chi connectivity index (χ2n) is 7.32. The van der Waals surface area contributed by atoms with Gasteiger partial charge in [0.15, 0.2) is 17.8 Å². The van der Waals surface area contributed by atoms with E-state index in [1.807, 2.05) is 30.3 Å². The van der Waals surface area contributed by atoms with E-state index in [-0.39, 0.29) is 24.0 Å². The summed E-state index contributed by atoms with van der Waals surface area (Å²) >= 11 is 0. The van der Waals surface area contributed by atoms with E-state index in [0.29, 0.717) is 29.7 Å². The molecule has 0 saturated heterocycles. The van der Waals surface area contributed by atoms with Crippen LogP contribution in [0, 0.1) is 11.8 Å². The van der Waals surface area contributed by atoms with E-state index in [1.165, 1.54) is 0 Å². The number of rotatable bonds is 5. The number of carbonyl (C=O) groups is 2. The molecule has 4 aromatic rings. The third kappa shape index (κ3) is 3.70. The van der Waals surface area contributed by atoms with Crippen molar-refractivity contribution in [1.82, 2.24) is 4.98 Å². The maximum absolute atomic E-state index is 12.0. The molecule has 3 aromatic heterocycles. The van der Waals surface area contributed by atoms with Gasteiger partial charge in [-0.1, -0.05) is 30.3 Å². The highest BCUT2D eigenvalue weighted by Crippen LogP contribution is 2.50. The topological polar surface area (TPSA) is 128 Å². The van der Waals surface area contributed by atoms with E-state index < -0.39 is 17.5 Å². The molecule has 3 heterocycles. The van der Waals surface area contributed by atoms with Gasteiger partial charge in [0.05, 0.1) is 5.39 Å². The first-order chi connectivity index (χ1) is 15.5. The predicted octanol–water partition coefficient (Wildman–Crippen LogP) is 4.28. The number of hydrogen-bond acceptors (Lipinski definition) is 7. The van der Waals surface area contributed by atoms with E-state index in [4.69, 9.17) is 18.0 Å². The molecule has 1 fully saturated rings. The Bertz CT molecular complexity index is 1330. The average Bonchev–Trinajstić information content (AvgIpc) is 3.11. The van der Waals surface area contributed by atoms with Crippen LogP contribution >= 0.6 is 0 Å². The SMILES string of the molecule is O=C(Nc1ocnc1C#Cc1cc2cc(C3(C(=O)O)CC3)oc2o1)OCc1ccccc1. The number of carbonyl (C=O) groups excluding carboxylic acids is 1. The number of aromatic nitrogens is 1. The summed E-state index contributed by atoms with van der Waals surface area (Å²) in [5, 5.41) is 12.5. The van der Waals surface area contributed by atoms with Crippen LogP contribution in [0.4, 0.5) is 10.7 Å². The Balaban J connectivity index is 1.26. The standard InChI is InChI=1S/C23H16N2O7/c26-21(27)23(8-9-23)18-11-15-10-16(31-20(15)32-18)6-7-17-19(30-13-24-17)25-22(28)29-12-14-4-2-1-3-5-14/h1-5,10-11,13H,8-9,12H2,(H,25,28)(H,26,27). The van der Waals surface area contributed by atoms with Gasteiger partial charge in [-0.05, 0) is 36.3 Å². The minimum atomic E-state index is -0.941. The second kappa shape index (κ2) is 7.67. The number of oxazole rings is 1. The summed E-state index contributed by atoms with van der Waals surface area (Å²) in [7, 11) is 0. The number of hydrogen-bond donors (Lipinski definition) is 2.